The molecule has 0 radical (unpaired) electrons. The Kier molecular flexibility index (Phi) is 6.08. The second-order valence-corrected chi connectivity index (χ2v) is 7.71. The number of benzene rings is 2. The van der Waals surface area contributed by atoms with E-state index in [1.165, 1.54) is 41.6 Å². The zero-order valence-corrected chi connectivity index (χ0v) is 17.2. The summed E-state index contributed by atoms with van der Waals surface area (Å²) in [5.41, 5.74) is 2.16. The predicted octanol–water partition coefficient (Wildman–Crippen LogP) is 5.25. The van der Waals surface area contributed by atoms with Crippen molar-refractivity contribution in [3.8, 4) is 17.1 Å². The van der Waals surface area contributed by atoms with E-state index in [2.05, 4.69) is 46.3 Å². The van der Waals surface area contributed by atoms with Gasteiger partial charge in [0.15, 0.2) is 6.61 Å². The van der Waals surface area contributed by atoms with E-state index in [-0.39, 0.29) is 12.4 Å². The quantitative estimate of drug-likeness (QED) is 0.353. The van der Waals surface area contributed by atoms with Crippen LogP contribution in [0.2, 0.25) is 0 Å². The topological polar surface area (TPSA) is 87.1 Å². The minimum absolute atomic E-state index is 0.0935. The Labute approximate surface area is 176 Å². The molecule has 154 valence electrons. The second-order valence-electron chi connectivity index (χ2n) is 6.78. The van der Waals surface area contributed by atoms with E-state index >= 15 is 0 Å². The number of rotatable bonds is 8. The van der Waals surface area contributed by atoms with Crippen molar-refractivity contribution >= 4 is 11.8 Å². The van der Waals surface area contributed by atoms with Crippen LogP contribution in [0.1, 0.15) is 37.1 Å². The lowest BCUT2D eigenvalue weighted by molar-refractivity contribution is 0.252. The van der Waals surface area contributed by atoms with Gasteiger partial charge in [-0.1, -0.05) is 55.0 Å². The van der Waals surface area contributed by atoms with Gasteiger partial charge in [0, 0.05) is 5.56 Å². The van der Waals surface area contributed by atoms with E-state index in [1.807, 2.05) is 12.1 Å². The highest BCUT2D eigenvalue weighted by atomic mass is 32.2. The van der Waals surface area contributed by atoms with E-state index in [0.717, 1.165) is 5.56 Å². The maximum absolute atomic E-state index is 12.9. The fourth-order valence-corrected chi connectivity index (χ4v) is 3.22. The lowest BCUT2D eigenvalue weighted by Crippen LogP contribution is -1.95. The van der Waals surface area contributed by atoms with Gasteiger partial charge in [0.25, 0.3) is 11.1 Å². The molecule has 0 saturated carbocycles. The van der Waals surface area contributed by atoms with Crippen LogP contribution in [0.3, 0.4) is 0 Å². The zero-order valence-electron chi connectivity index (χ0n) is 16.4. The van der Waals surface area contributed by atoms with Gasteiger partial charge in [-0.25, -0.2) is 4.39 Å². The molecule has 0 amide bonds. The molecule has 0 aliphatic heterocycles. The molecule has 0 bridgehead atoms. The Hall–Kier alpha value is -3.20. The van der Waals surface area contributed by atoms with Gasteiger partial charge in [-0.05, 0) is 35.7 Å². The molecule has 4 rings (SSSR count). The molecule has 4 aromatic rings. The first kappa shape index (κ1) is 20.1. The summed E-state index contributed by atoms with van der Waals surface area (Å²) in [6, 6.07) is 13.8. The first-order valence-corrected chi connectivity index (χ1v) is 10.3. The second kappa shape index (κ2) is 9.08. The van der Waals surface area contributed by atoms with E-state index in [4.69, 9.17) is 13.7 Å². The Balaban J connectivity index is 1.30. The van der Waals surface area contributed by atoms with Gasteiger partial charge in [0.2, 0.25) is 11.7 Å². The molecule has 0 atom stereocenters. The number of halogens is 1. The van der Waals surface area contributed by atoms with Crippen molar-refractivity contribution in [2.45, 2.75) is 37.3 Å². The summed E-state index contributed by atoms with van der Waals surface area (Å²) in [7, 11) is 0. The maximum atomic E-state index is 12.9. The molecule has 9 heteroatoms. The number of aromatic nitrogens is 4. The average molecular weight is 426 g/mol. The van der Waals surface area contributed by atoms with E-state index < -0.39 is 0 Å². The van der Waals surface area contributed by atoms with Crippen molar-refractivity contribution in [2.24, 2.45) is 0 Å². The van der Waals surface area contributed by atoms with Crippen LogP contribution in [0.15, 0.2) is 62.7 Å². The molecule has 30 heavy (non-hydrogen) atoms. The van der Waals surface area contributed by atoms with E-state index in [9.17, 15) is 4.39 Å². The van der Waals surface area contributed by atoms with Gasteiger partial charge in [0.05, 0.1) is 5.75 Å². The standard InChI is InChI=1S/C21H19FN4O3S/c1-13(2)14-3-5-15(6-4-14)20-23-19(29-26-20)12-30-21-25-24-18(28-21)11-27-17-9-7-16(22)8-10-17/h3-10,13H,11-12H2,1-2H3. The molecule has 7 nitrogen and oxygen atoms in total. The summed E-state index contributed by atoms with van der Waals surface area (Å²) < 4.78 is 29.2. The minimum atomic E-state index is -0.324. The normalized spacial score (nSPS) is 11.2. The van der Waals surface area contributed by atoms with Crippen LogP contribution in [-0.4, -0.2) is 20.3 Å². The van der Waals surface area contributed by atoms with Crippen LogP contribution in [0.5, 0.6) is 5.75 Å². The van der Waals surface area contributed by atoms with Gasteiger partial charge < -0.3 is 13.7 Å². The molecular weight excluding hydrogens is 407 g/mol. The Bertz CT molecular complexity index is 1090. The average Bonchev–Trinajstić information content (AvgIpc) is 3.41. The number of hydrogen-bond donors (Lipinski definition) is 0. The predicted molar refractivity (Wildman–Crippen MR) is 108 cm³/mol. The molecule has 2 aromatic heterocycles. The lowest BCUT2D eigenvalue weighted by Gasteiger charge is -2.04. The first-order valence-electron chi connectivity index (χ1n) is 9.33. The Morgan fingerprint density at radius 2 is 1.77 bits per heavy atom. The fraction of sp³-hybridized carbons (Fsp3) is 0.238. The molecule has 0 spiro atoms. The maximum Gasteiger partial charge on any atom is 0.277 e. The minimum Gasteiger partial charge on any atom is -0.484 e. The summed E-state index contributed by atoms with van der Waals surface area (Å²) in [4.78, 5) is 4.42. The van der Waals surface area contributed by atoms with Gasteiger partial charge in [-0.15, -0.1) is 10.2 Å². The molecule has 0 aliphatic carbocycles. The molecular formula is C21H19FN4O3S. The third-order valence-corrected chi connectivity index (χ3v) is 5.05. The SMILES string of the molecule is CC(C)c1ccc(-c2noc(CSc3nnc(COc4ccc(F)cc4)o3)n2)cc1. The first-order chi connectivity index (χ1) is 14.6. The highest BCUT2D eigenvalue weighted by Crippen LogP contribution is 2.24. The van der Waals surface area contributed by atoms with Gasteiger partial charge in [0.1, 0.15) is 11.6 Å². The lowest BCUT2D eigenvalue weighted by atomic mass is 10.0. The summed E-state index contributed by atoms with van der Waals surface area (Å²) >= 11 is 1.29. The molecule has 2 heterocycles. The van der Waals surface area contributed by atoms with Crippen molar-refractivity contribution < 1.29 is 18.1 Å². The van der Waals surface area contributed by atoms with Crippen molar-refractivity contribution in [1.82, 2.24) is 20.3 Å². The number of nitrogens with zero attached hydrogens (tertiary/aromatic N) is 4. The van der Waals surface area contributed by atoms with Crippen LogP contribution in [-0.2, 0) is 12.4 Å². The molecule has 0 fully saturated rings. The van der Waals surface area contributed by atoms with Gasteiger partial charge in [-0.3, -0.25) is 0 Å². The molecule has 0 N–H and O–H groups in total. The van der Waals surface area contributed by atoms with Crippen LogP contribution in [0.25, 0.3) is 11.4 Å². The molecule has 0 saturated heterocycles. The number of ether oxygens (including phenoxy) is 1. The van der Waals surface area contributed by atoms with E-state index in [1.54, 1.807) is 0 Å². The Morgan fingerprint density at radius 1 is 1.00 bits per heavy atom. The largest absolute Gasteiger partial charge is 0.484 e. The van der Waals surface area contributed by atoms with Crippen LogP contribution < -0.4 is 4.74 Å². The molecule has 2 aromatic carbocycles. The van der Waals surface area contributed by atoms with Gasteiger partial charge in [-0.2, -0.15) is 4.98 Å². The Morgan fingerprint density at radius 3 is 2.50 bits per heavy atom. The monoisotopic (exact) mass is 426 g/mol. The fourth-order valence-electron chi connectivity index (χ4n) is 2.60. The van der Waals surface area contributed by atoms with Crippen LogP contribution in [0.4, 0.5) is 4.39 Å². The summed E-state index contributed by atoms with van der Waals surface area (Å²) in [6.45, 7) is 4.39. The summed E-state index contributed by atoms with van der Waals surface area (Å²) in [5.74, 6) is 2.39. The van der Waals surface area contributed by atoms with Crippen LogP contribution in [0, 0.1) is 5.82 Å². The highest BCUT2D eigenvalue weighted by molar-refractivity contribution is 7.98. The van der Waals surface area contributed by atoms with Crippen molar-refractivity contribution in [3.05, 3.63) is 71.7 Å². The van der Waals surface area contributed by atoms with E-state index in [0.29, 0.717) is 40.2 Å². The summed E-state index contributed by atoms with van der Waals surface area (Å²) in [6.07, 6.45) is 0. The van der Waals surface area contributed by atoms with Crippen molar-refractivity contribution in [1.29, 1.82) is 0 Å². The van der Waals surface area contributed by atoms with Gasteiger partial charge >= 0.3 is 0 Å². The highest BCUT2D eigenvalue weighted by Gasteiger charge is 2.13. The molecule has 0 unspecified atom stereocenters. The summed E-state index contributed by atoms with van der Waals surface area (Å²) in [5, 5.41) is 12.3. The third-order valence-electron chi connectivity index (χ3n) is 4.25. The molecule has 0 aliphatic rings. The van der Waals surface area contributed by atoms with Crippen molar-refractivity contribution in [2.75, 3.05) is 0 Å². The van der Waals surface area contributed by atoms with Crippen LogP contribution >= 0.6 is 11.8 Å². The number of thioether (sulfide) groups is 1. The number of hydrogen-bond acceptors (Lipinski definition) is 8. The smallest absolute Gasteiger partial charge is 0.277 e. The zero-order chi connectivity index (χ0) is 20.9. The van der Waals surface area contributed by atoms with Crippen molar-refractivity contribution in [3.63, 3.8) is 0 Å². The third kappa shape index (κ3) is 5.04.